The summed E-state index contributed by atoms with van der Waals surface area (Å²) < 4.78 is 27.3. The highest BCUT2D eigenvalue weighted by Gasteiger charge is 2.19. The van der Waals surface area contributed by atoms with Gasteiger partial charge in [-0.25, -0.2) is 8.42 Å². The largest absolute Gasteiger partial charge is 0.351 e. The fourth-order valence-electron chi connectivity index (χ4n) is 3.84. The molecule has 0 spiro atoms. The lowest BCUT2D eigenvalue weighted by Gasteiger charge is -2.13. The van der Waals surface area contributed by atoms with Crippen LogP contribution in [-0.2, 0) is 16.9 Å². The molecule has 0 bridgehead atoms. The number of nitrogens with one attached hydrogen (secondary N) is 1. The summed E-state index contributed by atoms with van der Waals surface area (Å²) in [4.78, 5) is 9.06. The summed E-state index contributed by atoms with van der Waals surface area (Å²) >= 11 is 0. The van der Waals surface area contributed by atoms with Crippen LogP contribution in [0.2, 0.25) is 0 Å². The third-order valence-corrected chi connectivity index (χ3v) is 6.51. The molecule has 0 unspecified atom stereocenters. The van der Waals surface area contributed by atoms with E-state index >= 15 is 0 Å². The standard InChI is InChI=1S/C23H20N5O3S/c1-27-9-5-15-3-4-16(11-21(15)27)18-12-17(13-19-23(18)25-8-7-24-19)26-20-14-28(29)10-6-22(20)32(2,30)31/h3-14,26,29H,1-2H3/q+1. The molecular formula is C23H20N5O3S+. The summed E-state index contributed by atoms with van der Waals surface area (Å²) in [5.41, 5.74) is 5.17. The van der Waals surface area contributed by atoms with Gasteiger partial charge in [-0.3, -0.25) is 15.2 Å². The first kappa shape index (κ1) is 20.0. The Kier molecular flexibility index (Phi) is 4.56. The van der Waals surface area contributed by atoms with Crippen LogP contribution in [0.25, 0.3) is 33.1 Å². The Bertz CT molecular complexity index is 1610. The molecule has 0 aliphatic carbocycles. The maximum Gasteiger partial charge on any atom is 0.246 e. The fourth-order valence-corrected chi connectivity index (χ4v) is 4.65. The Balaban J connectivity index is 1.70. The number of hydrogen-bond donors (Lipinski definition) is 2. The van der Waals surface area contributed by atoms with Crippen LogP contribution in [0.3, 0.4) is 0 Å². The van der Waals surface area contributed by atoms with Gasteiger partial charge in [0.05, 0.1) is 11.0 Å². The van der Waals surface area contributed by atoms with Gasteiger partial charge in [0, 0.05) is 59.5 Å². The van der Waals surface area contributed by atoms with E-state index in [1.807, 2.05) is 25.4 Å². The molecule has 5 rings (SSSR count). The number of anilines is 2. The van der Waals surface area contributed by atoms with Gasteiger partial charge < -0.3 is 9.88 Å². The molecule has 2 aromatic carbocycles. The van der Waals surface area contributed by atoms with Crippen LogP contribution in [0.4, 0.5) is 11.4 Å². The topological polar surface area (TPSA) is 101 Å². The van der Waals surface area contributed by atoms with Crippen molar-refractivity contribution >= 4 is 43.1 Å². The predicted molar refractivity (Wildman–Crippen MR) is 122 cm³/mol. The van der Waals surface area contributed by atoms with Gasteiger partial charge in [0.15, 0.2) is 9.84 Å². The van der Waals surface area contributed by atoms with Crippen molar-refractivity contribution in [2.24, 2.45) is 7.05 Å². The molecule has 2 N–H and O–H groups in total. The Morgan fingerprint density at radius 1 is 1.06 bits per heavy atom. The summed E-state index contributed by atoms with van der Waals surface area (Å²) in [5, 5.41) is 14.1. The molecule has 0 saturated heterocycles. The van der Waals surface area contributed by atoms with Gasteiger partial charge in [-0.05, 0) is 35.2 Å². The smallest absolute Gasteiger partial charge is 0.246 e. The van der Waals surface area contributed by atoms with E-state index < -0.39 is 9.84 Å². The number of rotatable bonds is 4. The van der Waals surface area contributed by atoms with Gasteiger partial charge in [-0.2, -0.15) is 0 Å². The average molecular weight is 447 g/mol. The molecule has 160 valence electrons. The molecule has 0 aliphatic heterocycles. The van der Waals surface area contributed by atoms with Gasteiger partial charge in [0.1, 0.15) is 10.6 Å². The number of sulfone groups is 1. The number of aryl methyl sites for hydroxylation is 1. The molecule has 8 nitrogen and oxygen atoms in total. The molecule has 32 heavy (non-hydrogen) atoms. The molecular weight excluding hydrogens is 426 g/mol. The zero-order valence-corrected chi connectivity index (χ0v) is 18.2. The lowest BCUT2D eigenvalue weighted by atomic mass is 10.0. The van der Waals surface area contributed by atoms with Crippen molar-refractivity contribution in [3.8, 4) is 11.1 Å². The second kappa shape index (κ2) is 7.31. The van der Waals surface area contributed by atoms with E-state index in [0.717, 1.165) is 38.5 Å². The number of hydrogen-bond acceptors (Lipinski definition) is 6. The monoisotopic (exact) mass is 446 g/mol. The Morgan fingerprint density at radius 2 is 1.88 bits per heavy atom. The maximum absolute atomic E-state index is 12.2. The molecule has 0 atom stereocenters. The van der Waals surface area contributed by atoms with Gasteiger partial charge in [-0.15, -0.1) is 0 Å². The molecule has 0 fully saturated rings. The van der Waals surface area contributed by atoms with Crippen LogP contribution in [0.15, 0.2) is 78.3 Å². The quantitative estimate of drug-likeness (QED) is 0.324. The first-order valence-corrected chi connectivity index (χ1v) is 11.7. The second-order valence-corrected chi connectivity index (χ2v) is 9.63. The maximum atomic E-state index is 12.2. The van der Waals surface area contributed by atoms with Crippen molar-refractivity contribution in [3.63, 3.8) is 0 Å². The minimum atomic E-state index is -3.52. The highest BCUT2D eigenvalue weighted by atomic mass is 32.2. The fraction of sp³-hybridized carbons (Fsp3) is 0.0870. The number of aromatic nitrogens is 4. The van der Waals surface area contributed by atoms with Crippen LogP contribution < -0.4 is 10.0 Å². The molecule has 0 radical (unpaired) electrons. The molecule has 0 amide bonds. The van der Waals surface area contributed by atoms with Crippen molar-refractivity contribution in [1.82, 2.24) is 14.5 Å². The Hall–Kier alpha value is -3.98. The summed E-state index contributed by atoms with van der Waals surface area (Å²) in [6.07, 6.45) is 8.98. The highest BCUT2D eigenvalue weighted by Crippen LogP contribution is 2.34. The first-order valence-electron chi connectivity index (χ1n) is 9.81. The minimum Gasteiger partial charge on any atom is -0.351 e. The van der Waals surface area contributed by atoms with Gasteiger partial charge in [0.2, 0.25) is 12.4 Å². The van der Waals surface area contributed by atoms with E-state index in [9.17, 15) is 13.6 Å². The zero-order chi connectivity index (χ0) is 22.5. The van der Waals surface area contributed by atoms with Crippen molar-refractivity contribution < 1.29 is 18.4 Å². The lowest BCUT2D eigenvalue weighted by Crippen LogP contribution is -2.29. The number of nitrogens with zero attached hydrogens (tertiary/aromatic N) is 4. The van der Waals surface area contributed by atoms with E-state index in [1.165, 1.54) is 18.5 Å². The number of fused-ring (bicyclic) bond motifs is 2. The molecule has 0 saturated carbocycles. The van der Waals surface area contributed by atoms with Crippen LogP contribution in [0.5, 0.6) is 0 Å². The van der Waals surface area contributed by atoms with Crippen LogP contribution in [-0.4, -0.2) is 34.4 Å². The molecule has 5 aromatic rings. The SMILES string of the molecule is Cn1ccc2ccc(-c3cc(Nc4c[n+](O)ccc4S(C)(=O)=O)cc4nccnc34)cc21. The zero-order valence-electron chi connectivity index (χ0n) is 17.4. The third-order valence-electron chi connectivity index (χ3n) is 5.36. The van der Waals surface area contributed by atoms with Crippen LogP contribution in [0, 0.1) is 0 Å². The van der Waals surface area contributed by atoms with E-state index in [4.69, 9.17) is 0 Å². The lowest BCUT2D eigenvalue weighted by molar-refractivity contribution is -0.904. The van der Waals surface area contributed by atoms with Crippen molar-refractivity contribution in [2.45, 2.75) is 4.90 Å². The Morgan fingerprint density at radius 3 is 2.69 bits per heavy atom. The van der Waals surface area contributed by atoms with Crippen molar-refractivity contribution in [1.29, 1.82) is 0 Å². The summed E-state index contributed by atoms with van der Waals surface area (Å²) in [6.45, 7) is 0. The van der Waals surface area contributed by atoms with E-state index in [0.29, 0.717) is 11.2 Å². The molecule has 3 heterocycles. The van der Waals surface area contributed by atoms with E-state index in [1.54, 1.807) is 18.5 Å². The summed E-state index contributed by atoms with van der Waals surface area (Å²) in [5.74, 6) is 0. The van der Waals surface area contributed by atoms with Crippen molar-refractivity contribution in [3.05, 3.63) is 73.4 Å². The average Bonchev–Trinajstić information content (AvgIpc) is 3.12. The van der Waals surface area contributed by atoms with Gasteiger partial charge in [0.25, 0.3) is 0 Å². The number of pyridine rings is 1. The molecule has 3 aromatic heterocycles. The highest BCUT2D eigenvalue weighted by molar-refractivity contribution is 7.90. The molecule has 9 heteroatoms. The Labute approximate surface area is 184 Å². The van der Waals surface area contributed by atoms with E-state index in [2.05, 4.69) is 38.1 Å². The minimum absolute atomic E-state index is 0.0776. The van der Waals surface area contributed by atoms with Gasteiger partial charge >= 0.3 is 0 Å². The van der Waals surface area contributed by atoms with Crippen LogP contribution in [0.1, 0.15) is 0 Å². The van der Waals surface area contributed by atoms with E-state index in [-0.39, 0.29) is 10.6 Å². The van der Waals surface area contributed by atoms with Crippen molar-refractivity contribution in [2.75, 3.05) is 11.6 Å². The summed E-state index contributed by atoms with van der Waals surface area (Å²) in [6, 6.07) is 13.3. The third kappa shape index (κ3) is 3.52. The predicted octanol–water partition coefficient (Wildman–Crippen LogP) is 3.46. The first-order chi connectivity index (χ1) is 15.3. The summed E-state index contributed by atoms with van der Waals surface area (Å²) in [7, 11) is -1.52. The molecule has 0 aliphatic rings. The normalized spacial score (nSPS) is 11.8. The second-order valence-electron chi connectivity index (χ2n) is 7.65. The van der Waals surface area contributed by atoms with Crippen LogP contribution >= 0.6 is 0 Å². The van der Waals surface area contributed by atoms with Gasteiger partial charge in [-0.1, -0.05) is 12.1 Å². The number of benzene rings is 2.